The summed E-state index contributed by atoms with van der Waals surface area (Å²) in [6, 6.07) is 6.54. The average molecular weight is 301 g/mol. The van der Waals surface area contributed by atoms with E-state index >= 15 is 0 Å². The molecule has 6 nitrogen and oxygen atoms in total. The predicted molar refractivity (Wildman–Crippen MR) is 78.4 cm³/mol. The van der Waals surface area contributed by atoms with Crippen molar-refractivity contribution in [2.75, 3.05) is 13.2 Å². The van der Waals surface area contributed by atoms with E-state index in [2.05, 4.69) is 11.6 Å². The first kappa shape index (κ1) is 15.5. The van der Waals surface area contributed by atoms with Crippen molar-refractivity contribution in [3.8, 4) is 11.3 Å². The summed E-state index contributed by atoms with van der Waals surface area (Å²) in [5.41, 5.74) is 0.942. The van der Waals surface area contributed by atoms with E-state index in [0.29, 0.717) is 11.1 Å². The molecule has 0 aliphatic heterocycles. The number of oxazole rings is 1. The van der Waals surface area contributed by atoms with Gasteiger partial charge in [-0.25, -0.2) is 14.6 Å². The van der Waals surface area contributed by atoms with E-state index < -0.39 is 11.9 Å². The number of nitrogens with zero attached hydrogens (tertiary/aromatic N) is 1. The minimum atomic E-state index is -0.578. The topological polar surface area (TPSA) is 78.6 Å². The number of carbonyl (C=O) groups is 2. The molecule has 0 radical (unpaired) electrons. The lowest BCUT2D eigenvalue weighted by atomic mass is 10.1. The summed E-state index contributed by atoms with van der Waals surface area (Å²) in [6.07, 6.45) is 2.64. The minimum absolute atomic E-state index is 0.0680. The maximum absolute atomic E-state index is 11.8. The fourth-order valence-corrected chi connectivity index (χ4v) is 1.80. The molecule has 0 saturated carbocycles. The number of ether oxygens (including phenoxy) is 2. The molecule has 22 heavy (non-hydrogen) atoms. The Bertz CT molecular complexity index is 689. The Morgan fingerprint density at radius 2 is 2.14 bits per heavy atom. The van der Waals surface area contributed by atoms with Gasteiger partial charge < -0.3 is 13.9 Å². The van der Waals surface area contributed by atoms with Crippen LogP contribution in [0.5, 0.6) is 0 Å². The lowest BCUT2D eigenvalue weighted by molar-refractivity contribution is 0.0518. The molecular weight excluding hydrogens is 286 g/mol. The van der Waals surface area contributed by atoms with E-state index in [4.69, 9.17) is 13.9 Å². The normalized spacial score (nSPS) is 10.0. The van der Waals surface area contributed by atoms with Gasteiger partial charge in [0.05, 0.1) is 12.2 Å². The van der Waals surface area contributed by atoms with Crippen LogP contribution in [0, 0.1) is 0 Å². The van der Waals surface area contributed by atoms with E-state index in [1.54, 1.807) is 31.2 Å². The Labute approximate surface area is 127 Å². The Hall–Kier alpha value is -2.89. The van der Waals surface area contributed by atoms with Crippen LogP contribution in [0.15, 0.2) is 47.7 Å². The second kappa shape index (κ2) is 7.21. The number of esters is 2. The summed E-state index contributed by atoms with van der Waals surface area (Å²) in [6.45, 7) is 5.54. The summed E-state index contributed by atoms with van der Waals surface area (Å²) >= 11 is 0. The van der Waals surface area contributed by atoms with Gasteiger partial charge >= 0.3 is 11.9 Å². The van der Waals surface area contributed by atoms with Crippen LogP contribution in [0.1, 0.15) is 27.8 Å². The lowest BCUT2D eigenvalue weighted by Crippen LogP contribution is -2.07. The number of benzene rings is 1. The highest BCUT2D eigenvalue weighted by Crippen LogP contribution is 2.25. The van der Waals surface area contributed by atoms with Crippen LogP contribution in [0.25, 0.3) is 11.3 Å². The maximum atomic E-state index is 11.8. The highest BCUT2D eigenvalue weighted by atomic mass is 16.5. The fourth-order valence-electron chi connectivity index (χ4n) is 1.80. The molecule has 0 amide bonds. The Morgan fingerprint density at radius 1 is 1.32 bits per heavy atom. The van der Waals surface area contributed by atoms with Crippen molar-refractivity contribution in [1.29, 1.82) is 0 Å². The Morgan fingerprint density at radius 3 is 2.86 bits per heavy atom. The first-order valence-corrected chi connectivity index (χ1v) is 6.66. The van der Waals surface area contributed by atoms with Crippen molar-refractivity contribution >= 4 is 11.9 Å². The van der Waals surface area contributed by atoms with E-state index in [-0.39, 0.29) is 24.7 Å². The van der Waals surface area contributed by atoms with Gasteiger partial charge in [0.2, 0.25) is 0 Å². The molecule has 0 saturated heterocycles. The van der Waals surface area contributed by atoms with Gasteiger partial charge in [-0.1, -0.05) is 24.8 Å². The number of carbonyl (C=O) groups excluding carboxylic acids is 2. The van der Waals surface area contributed by atoms with Gasteiger partial charge in [0.1, 0.15) is 6.61 Å². The lowest BCUT2D eigenvalue weighted by Gasteiger charge is -2.05. The van der Waals surface area contributed by atoms with E-state index in [1.807, 2.05) is 0 Å². The molecule has 0 spiro atoms. The maximum Gasteiger partial charge on any atom is 0.360 e. The van der Waals surface area contributed by atoms with Crippen LogP contribution in [-0.2, 0) is 9.47 Å². The molecule has 114 valence electrons. The summed E-state index contributed by atoms with van der Waals surface area (Å²) < 4.78 is 15.1. The SMILES string of the molecule is C=CCOC(=O)c1cccc(-c2ocnc2C(=O)OCC)c1. The van der Waals surface area contributed by atoms with E-state index in [1.165, 1.54) is 6.08 Å². The van der Waals surface area contributed by atoms with Crippen LogP contribution in [0.4, 0.5) is 0 Å². The molecular formula is C16H15NO5. The smallest absolute Gasteiger partial charge is 0.360 e. The van der Waals surface area contributed by atoms with Crippen molar-refractivity contribution in [3.05, 3.63) is 54.6 Å². The number of aromatic nitrogens is 1. The highest BCUT2D eigenvalue weighted by Gasteiger charge is 2.20. The van der Waals surface area contributed by atoms with Crippen LogP contribution in [-0.4, -0.2) is 30.1 Å². The largest absolute Gasteiger partial charge is 0.461 e. The van der Waals surface area contributed by atoms with Crippen LogP contribution < -0.4 is 0 Å². The van der Waals surface area contributed by atoms with Gasteiger partial charge in [-0.2, -0.15) is 0 Å². The minimum Gasteiger partial charge on any atom is -0.461 e. The second-order valence-electron chi connectivity index (χ2n) is 4.22. The van der Waals surface area contributed by atoms with Gasteiger partial charge in [0.15, 0.2) is 17.8 Å². The molecule has 2 aromatic rings. The van der Waals surface area contributed by atoms with Gasteiger partial charge in [0.25, 0.3) is 0 Å². The standard InChI is InChI=1S/C16H15NO5/c1-3-8-21-15(18)12-7-5-6-11(9-12)14-13(17-10-22-14)16(19)20-4-2/h3,5-7,9-10H,1,4,8H2,2H3. The number of hydrogen-bond donors (Lipinski definition) is 0. The third-order valence-corrected chi connectivity index (χ3v) is 2.73. The molecule has 0 unspecified atom stereocenters. The third kappa shape index (κ3) is 3.41. The van der Waals surface area contributed by atoms with Gasteiger partial charge in [-0.05, 0) is 19.1 Å². The summed E-state index contributed by atoms with van der Waals surface area (Å²) in [5, 5.41) is 0. The molecule has 0 N–H and O–H groups in total. The Balaban J connectivity index is 2.30. The molecule has 2 rings (SSSR count). The highest BCUT2D eigenvalue weighted by molar-refractivity contribution is 5.95. The van der Waals surface area contributed by atoms with Crippen molar-refractivity contribution in [3.63, 3.8) is 0 Å². The first-order valence-electron chi connectivity index (χ1n) is 6.66. The van der Waals surface area contributed by atoms with E-state index in [0.717, 1.165) is 6.39 Å². The monoisotopic (exact) mass is 301 g/mol. The molecule has 0 aliphatic carbocycles. The van der Waals surface area contributed by atoms with Crippen molar-refractivity contribution in [2.45, 2.75) is 6.92 Å². The van der Waals surface area contributed by atoms with Crippen LogP contribution in [0.3, 0.4) is 0 Å². The zero-order chi connectivity index (χ0) is 15.9. The third-order valence-electron chi connectivity index (χ3n) is 2.73. The average Bonchev–Trinajstić information content (AvgIpc) is 3.02. The zero-order valence-corrected chi connectivity index (χ0v) is 12.1. The molecule has 1 aromatic carbocycles. The van der Waals surface area contributed by atoms with Gasteiger partial charge in [0, 0.05) is 5.56 Å². The van der Waals surface area contributed by atoms with Crippen molar-refractivity contribution in [2.24, 2.45) is 0 Å². The summed E-state index contributed by atoms with van der Waals surface area (Å²) in [5.74, 6) is -0.818. The molecule has 0 bridgehead atoms. The molecule has 6 heteroatoms. The van der Waals surface area contributed by atoms with Gasteiger partial charge in [-0.15, -0.1) is 0 Å². The van der Waals surface area contributed by atoms with Crippen molar-refractivity contribution in [1.82, 2.24) is 4.98 Å². The second-order valence-corrected chi connectivity index (χ2v) is 4.22. The number of rotatable bonds is 6. The first-order chi connectivity index (χ1) is 10.7. The fraction of sp³-hybridized carbons (Fsp3) is 0.188. The summed E-state index contributed by atoms with van der Waals surface area (Å²) in [7, 11) is 0. The van der Waals surface area contributed by atoms with E-state index in [9.17, 15) is 9.59 Å². The summed E-state index contributed by atoms with van der Waals surface area (Å²) in [4.78, 5) is 27.5. The molecule has 0 aliphatic rings. The molecule has 0 atom stereocenters. The number of hydrogen-bond acceptors (Lipinski definition) is 6. The Kier molecular flexibility index (Phi) is 5.08. The quantitative estimate of drug-likeness (QED) is 0.603. The zero-order valence-electron chi connectivity index (χ0n) is 12.1. The predicted octanol–water partition coefficient (Wildman–Crippen LogP) is 2.86. The molecule has 0 fully saturated rings. The van der Waals surface area contributed by atoms with Crippen LogP contribution >= 0.6 is 0 Å². The molecule has 1 aromatic heterocycles. The molecule has 1 heterocycles. The van der Waals surface area contributed by atoms with Gasteiger partial charge in [-0.3, -0.25) is 0 Å². The van der Waals surface area contributed by atoms with Crippen LogP contribution in [0.2, 0.25) is 0 Å². The van der Waals surface area contributed by atoms with Crippen molar-refractivity contribution < 1.29 is 23.5 Å².